The fourth-order valence-electron chi connectivity index (χ4n) is 1.50. The number of rotatable bonds is 4. The number of benzene rings is 1. The molecular weight excluding hydrogens is 234 g/mol. The van der Waals surface area contributed by atoms with Crippen LogP contribution in [0.3, 0.4) is 0 Å². The van der Waals surface area contributed by atoms with Crippen molar-refractivity contribution in [2.75, 3.05) is 19.5 Å². The molecule has 0 fully saturated rings. The predicted octanol–water partition coefficient (Wildman–Crippen LogP) is 2.55. The SMILES string of the molecule is COc1ccc(OC)c(NC(=O)c2ccoc2)c1. The van der Waals surface area contributed by atoms with Crippen molar-refractivity contribution in [1.82, 2.24) is 0 Å². The number of carbonyl (C=O) groups excluding carboxylic acids is 1. The summed E-state index contributed by atoms with van der Waals surface area (Å²) in [5, 5.41) is 2.73. The standard InChI is InChI=1S/C13H13NO4/c1-16-10-3-4-12(17-2)11(7-10)14-13(15)9-5-6-18-8-9/h3-8H,1-2H3,(H,14,15). The Kier molecular flexibility index (Phi) is 3.52. The average Bonchev–Trinajstić information content (AvgIpc) is 2.92. The number of amides is 1. The summed E-state index contributed by atoms with van der Waals surface area (Å²) in [6, 6.07) is 6.76. The molecule has 1 heterocycles. The monoisotopic (exact) mass is 247 g/mol. The summed E-state index contributed by atoms with van der Waals surface area (Å²) in [4.78, 5) is 11.9. The molecule has 0 aliphatic carbocycles. The van der Waals surface area contributed by atoms with Gasteiger partial charge in [-0.2, -0.15) is 0 Å². The van der Waals surface area contributed by atoms with E-state index in [9.17, 15) is 4.79 Å². The molecule has 0 aliphatic heterocycles. The van der Waals surface area contributed by atoms with Gasteiger partial charge in [0.05, 0.1) is 31.7 Å². The van der Waals surface area contributed by atoms with Gasteiger partial charge in [0.1, 0.15) is 17.8 Å². The van der Waals surface area contributed by atoms with Crippen molar-refractivity contribution < 1.29 is 18.7 Å². The molecule has 18 heavy (non-hydrogen) atoms. The molecule has 0 unspecified atom stereocenters. The molecule has 2 aromatic rings. The summed E-state index contributed by atoms with van der Waals surface area (Å²) in [5.74, 6) is 0.932. The van der Waals surface area contributed by atoms with Crippen molar-refractivity contribution in [3.8, 4) is 11.5 Å². The Morgan fingerprint density at radius 3 is 2.67 bits per heavy atom. The Morgan fingerprint density at radius 1 is 1.22 bits per heavy atom. The minimum absolute atomic E-state index is 0.268. The molecule has 0 aliphatic rings. The molecule has 0 saturated carbocycles. The second-order valence-electron chi connectivity index (χ2n) is 3.53. The molecule has 1 aromatic heterocycles. The zero-order valence-corrected chi connectivity index (χ0v) is 10.1. The first-order chi connectivity index (χ1) is 8.74. The zero-order chi connectivity index (χ0) is 13.0. The van der Waals surface area contributed by atoms with E-state index in [1.807, 2.05) is 0 Å². The van der Waals surface area contributed by atoms with Gasteiger partial charge in [-0.15, -0.1) is 0 Å². The van der Waals surface area contributed by atoms with Gasteiger partial charge >= 0.3 is 0 Å². The first-order valence-corrected chi connectivity index (χ1v) is 5.30. The van der Waals surface area contributed by atoms with E-state index in [0.717, 1.165) is 0 Å². The van der Waals surface area contributed by atoms with E-state index >= 15 is 0 Å². The Hall–Kier alpha value is -2.43. The lowest BCUT2D eigenvalue weighted by molar-refractivity contribution is 0.102. The van der Waals surface area contributed by atoms with Crippen molar-refractivity contribution in [3.05, 3.63) is 42.4 Å². The van der Waals surface area contributed by atoms with Crippen LogP contribution in [0.1, 0.15) is 10.4 Å². The van der Waals surface area contributed by atoms with Gasteiger partial charge in [0.15, 0.2) is 0 Å². The van der Waals surface area contributed by atoms with Crippen LogP contribution in [0, 0.1) is 0 Å². The maximum Gasteiger partial charge on any atom is 0.259 e. The van der Waals surface area contributed by atoms with Crippen LogP contribution in [0.15, 0.2) is 41.2 Å². The molecule has 0 bridgehead atoms. The topological polar surface area (TPSA) is 60.7 Å². The van der Waals surface area contributed by atoms with Gasteiger partial charge in [-0.1, -0.05) is 0 Å². The van der Waals surface area contributed by atoms with Crippen LogP contribution < -0.4 is 14.8 Å². The van der Waals surface area contributed by atoms with E-state index in [1.165, 1.54) is 19.6 Å². The van der Waals surface area contributed by atoms with Crippen molar-refractivity contribution in [3.63, 3.8) is 0 Å². The normalized spacial score (nSPS) is 9.89. The zero-order valence-electron chi connectivity index (χ0n) is 10.1. The van der Waals surface area contributed by atoms with Crippen LogP contribution >= 0.6 is 0 Å². The molecule has 2 rings (SSSR count). The van der Waals surface area contributed by atoms with E-state index < -0.39 is 0 Å². The highest BCUT2D eigenvalue weighted by molar-refractivity contribution is 6.04. The summed E-state index contributed by atoms with van der Waals surface area (Å²) in [6.07, 6.45) is 2.82. The lowest BCUT2D eigenvalue weighted by Crippen LogP contribution is -2.11. The number of anilines is 1. The maximum atomic E-state index is 11.9. The van der Waals surface area contributed by atoms with Gasteiger partial charge in [0.25, 0.3) is 5.91 Å². The summed E-state index contributed by atoms with van der Waals surface area (Å²) < 4.78 is 15.1. The fourth-order valence-corrected chi connectivity index (χ4v) is 1.50. The van der Waals surface area contributed by atoms with Gasteiger partial charge < -0.3 is 19.2 Å². The van der Waals surface area contributed by atoms with Gasteiger partial charge in [-0.3, -0.25) is 4.79 Å². The number of hydrogen-bond acceptors (Lipinski definition) is 4. The Labute approximate surface area is 104 Å². The third-order valence-corrected chi connectivity index (χ3v) is 2.44. The van der Waals surface area contributed by atoms with Crippen LogP contribution in [0.5, 0.6) is 11.5 Å². The summed E-state index contributed by atoms with van der Waals surface area (Å²) in [6.45, 7) is 0. The Balaban J connectivity index is 2.24. The second-order valence-corrected chi connectivity index (χ2v) is 3.53. The molecule has 94 valence electrons. The van der Waals surface area contributed by atoms with Crippen molar-refractivity contribution >= 4 is 11.6 Å². The number of methoxy groups -OCH3 is 2. The molecule has 1 aromatic carbocycles. The maximum absolute atomic E-state index is 11.9. The minimum atomic E-state index is -0.268. The van der Waals surface area contributed by atoms with Crippen LogP contribution in [-0.4, -0.2) is 20.1 Å². The van der Waals surface area contributed by atoms with Crippen molar-refractivity contribution in [1.29, 1.82) is 0 Å². The minimum Gasteiger partial charge on any atom is -0.497 e. The first kappa shape index (κ1) is 12.0. The quantitative estimate of drug-likeness (QED) is 0.901. The number of carbonyl (C=O) groups is 1. The van der Waals surface area contributed by atoms with E-state index in [0.29, 0.717) is 22.7 Å². The highest BCUT2D eigenvalue weighted by Crippen LogP contribution is 2.29. The molecule has 0 spiro atoms. The number of ether oxygens (including phenoxy) is 2. The number of hydrogen-bond donors (Lipinski definition) is 1. The largest absolute Gasteiger partial charge is 0.497 e. The predicted molar refractivity (Wildman–Crippen MR) is 66.2 cm³/mol. The van der Waals surface area contributed by atoms with E-state index in [-0.39, 0.29) is 5.91 Å². The molecule has 0 atom stereocenters. The fraction of sp³-hybridized carbons (Fsp3) is 0.154. The Morgan fingerprint density at radius 2 is 2.06 bits per heavy atom. The molecular formula is C13H13NO4. The molecule has 1 amide bonds. The number of furan rings is 1. The summed E-state index contributed by atoms with van der Waals surface area (Å²) in [7, 11) is 3.10. The highest BCUT2D eigenvalue weighted by Gasteiger charge is 2.11. The second kappa shape index (κ2) is 5.27. The molecule has 0 radical (unpaired) electrons. The summed E-state index contributed by atoms with van der Waals surface area (Å²) >= 11 is 0. The summed E-state index contributed by atoms with van der Waals surface area (Å²) in [5.41, 5.74) is 0.989. The van der Waals surface area contributed by atoms with E-state index in [1.54, 1.807) is 31.4 Å². The highest BCUT2D eigenvalue weighted by atomic mass is 16.5. The smallest absolute Gasteiger partial charge is 0.259 e. The lowest BCUT2D eigenvalue weighted by atomic mass is 10.2. The van der Waals surface area contributed by atoms with Crippen LogP contribution in [0.2, 0.25) is 0 Å². The van der Waals surface area contributed by atoms with Crippen LogP contribution in [0.4, 0.5) is 5.69 Å². The lowest BCUT2D eigenvalue weighted by Gasteiger charge is -2.11. The molecule has 5 nitrogen and oxygen atoms in total. The van der Waals surface area contributed by atoms with Crippen LogP contribution in [-0.2, 0) is 0 Å². The molecule has 0 saturated heterocycles. The average molecular weight is 247 g/mol. The third-order valence-electron chi connectivity index (χ3n) is 2.44. The van der Waals surface area contributed by atoms with Crippen molar-refractivity contribution in [2.24, 2.45) is 0 Å². The first-order valence-electron chi connectivity index (χ1n) is 5.30. The van der Waals surface area contributed by atoms with Gasteiger partial charge in [0.2, 0.25) is 0 Å². The van der Waals surface area contributed by atoms with E-state index in [4.69, 9.17) is 13.9 Å². The van der Waals surface area contributed by atoms with Gasteiger partial charge in [-0.25, -0.2) is 0 Å². The Bertz CT molecular complexity index is 534. The molecule has 1 N–H and O–H groups in total. The number of nitrogens with one attached hydrogen (secondary N) is 1. The van der Waals surface area contributed by atoms with Crippen LogP contribution in [0.25, 0.3) is 0 Å². The third kappa shape index (κ3) is 2.45. The van der Waals surface area contributed by atoms with Gasteiger partial charge in [0, 0.05) is 6.07 Å². The van der Waals surface area contributed by atoms with E-state index in [2.05, 4.69) is 5.32 Å². The molecule has 5 heteroatoms. The van der Waals surface area contributed by atoms with Crippen molar-refractivity contribution in [2.45, 2.75) is 0 Å². The van der Waals surface area contributed by atoms with Gasteiger partial charge in [-0.05, 0) is 18.2 Å².